The van der Waals surface area contributed by atoms with E-state index in [0.717, 1.165) is 6.42 Å². The number of hydrogen-bond acceptors (Lipinski definition) is 6. The summed E-state index contributed by atoms with van der Waals surface area (Å²) in [5.74, 6) is -0.238. The van der Waals surface area contributed by atoms with E-state index in [9.17, 15) is 18.0 Å². The van der Waals surface area contributed by atoms with Gasteiger partial charge in [0.15, 0.2) is 5.84 Å². The van der Waals surface area contributed by atoms with Crippen LogP contribution in [0.4, 0.5) is 11.4 Å². The second-order valence-electron chi connectivity index (χ2n) is 8.00. The zero-order chi connectivity index (χ0) is 23.7. The number of pyridine rings is 1. The summed E-state index contributed by atoms with van der Waals surface area (Å²) in [5.41, 5.74) is 2.04. The van der Waals surface area contributed by atoms with E-state index < -0.39 is 16.1 Å². The van der Waals surface area contributed by atoms with Crippen LogP contribution in [0.15, 0.2) is 82.4 Å². The minimum absolute atomic E-state index is 0.161. The summed E-state index contributed by atoms with van der Waals surface area (Å²) in [6.07, 6.45) is 4.39. The predicted octanol–water partition coefficient (Wildman–Crippen LogP) is 2.89. The zero-order valence-electron chi connectivity index (χ0n) is 18.0. The molecule has 0 bridgehead atoms. The molecule has 2 aromatic carbocycles. The highest BCUT2D eigenvalue weighted by Crippen LogP contribution is 2.31. The van der Waals surface area contributed by atoms with Gasteiger partial charge in [0.05, 0.1) is 0 Å². The maximum absolute atomic E-state index is 13.2. The standard InChI is InChI=1S/C24H21N5O4S/c30-23(16-10-12-25-13-11-16)26-17-5-3-6-18(15-17)27-24(31)20-8-4-14-29(20)22-19-7-1-2-9-21(19)34(32,33)28-22/h1-3,5-7,9-13,15,20H,4,8,14H2,(H,26,30)(H,27,31)/t20-/m0/s1. The Morgan fingerprint density at radius 1 is 0.941 bits per heavy atom. The van der Waals surface area contributed by atoms with Crippen LogP contribution >= 0.6 is 0 Å². The maximum atomic E-state index is 13.2. The first-order chi connectivity index (χ1) is 16.4. The van der Waals surface area contributed by atoms with E-state index in [4.69, 9.17) is 0 Å². The van der Waals surface area contributed by atoms with Gasteiger partial charge in [-0.3, -0.25) is 14.6 Å². The molecule has 2 amide bonds. The quantitative estimate of drug-likeness (QED) is 0.599. The van der Waals surface area contributed by atoms with Crippen molar-refractivity contribution < 1.29 is 18.0 Å². The van der Waals surface area contributed by atoms with Gasteiger partial charge >= 0.3 is 0 Å². The van der Waals surface area contributed by atoms with Crippen LogP contribution in [-0.2, 0) is 14.8 Å². The number of amides is 2. The third-order valence-corrected chi connectivity index (χ3v) is 7.10. The molecular weight excluding hydrogens is 454 g/mol. The number of rotatable bonds is 4. The van der Waals surface area contributed by atoms with Gasteiger partial charge in [0.25, 0.3) is 15.9 Å². The molecule has 5 rings (SSSR count). The lowest BCUT2D eigenvalue weighted by Gasteiger charge is -2.25. The van der Waals surface area contributed by atoms with Crippen molar-refractivity contribution in [3.63, 3.8) is 0 Å². The summed E-state index contributed by atoms with van der Waals surface area (Å²) in [4.78, 5) is 31.4. The maximum Gasteiger partial charge on any atom is 0.285 e. The molecule has 2 aliphatic heterocycles. The molecule has 1 aromatic heterocycles. The van der Waals surface area contributed by atoms with Gasteiger partial charge in [-0.15, -0.1) is 4.40 Å². The summed E-state index contributed by atoms with van der Waals surface area (Å²) in [7, 11) is -3.77. The Hall–Kier alpha value is -4.05. The number of nitrogens with zero attached hydrogens (tertiary/aromatic N) is 3. The van der Waals surface area contributed by atoms with Gasteiger partial charge in [-0.1, -0.05) is 18.2 Å². The minimum atomic E-state index is -3.77. The van der Waals surface area contributed by atoms with Crippen LogP contribution in [0.25, 0.3) is 0 Å². The SMILES string of the molecule is O=C(Nc1cccc(NC(=O)[C@@H]2CCCN2C2=NS(=O)(=O)c3ccccc32)c1)c1ccncc1. The molecule has 34 heavy (non-hydrogen) atoms. The Morgan fingerprint density at radius 3 is 2.47 bits per heavy atom. The molecule has 0 spiro atoms. The smallest absolute Gasteiger partial charge is 0.285 e. The van der Waals surface area contributed by atoms with Crippen LogP contribution in [-0.4, -0.2) is 48.5 Å². The van der Waals surface area contributed by atoms with Crippen LogP contribution in [0.3, 0.4) is 0 Å². The fraction of sp³-hybridized carbons (Fsp3) is 0.167. The highest BCUT2D eigenvalue weighted by atomic mass is 32.2. The van der Waals surface area contributed by atoms with Crippen molar-refractivity contribution in [2.24, 2.45) is 4.40 Å². The Kier molecular flexibility index (Phi) is 5.58. The van der Waals surface area contributed by atoms with Crippen LogP contribution in [0.1, 0.15) is 28.8 Å². The number of sulfonamides is 1. The van der Waals surface area contributed by atoms with E-state index in [1.165, 1.54) is 18.5 Å². The number of carbonyl (C=O) groups is 2. The molecular formula is C24H21N5O4S. The molecule has 1 atom stereocenters. The second-order valence-corrected chi connectivity index (χ2v) is 9.57. The van der Waals surface area contributed by atoms with Crippen molar-refractivity contribution in [3.05, 3.63) is 84.2 Å². The molecule has 1 saturated heterocycles. The van der Waals surface area contributed by atoms with Crippen molar-refractivity contribution in [1.82, 2.24) is 9.88 Å². The van der Waals surface area contributed by atoms with E-state index in [-0.39, 0.29) is 16.7 Å². The second kappa shape index (κ2) is 8.71. The molecule has 0 aliphatic carbocycles. The summed E-state index contributed by atoms with van der Waals surface area (Å²) in [6.45, 7) is 0.531. The van der Waals surface area contributed by atoms with E-state index in [0.29, 0.717) is 41.3 Å². The highest BCUT2D eigenvalue weighted by molar-refractivity contribution is 7.90. The fourth-order valence-electron chi connectivity index (χ4n) is 4.20. The van der Waals surface area contributed by atoms with E-state index in [2.05, 4.69) is 20.0 Å². The predicted molar refractivity (Wildman–Crippen MR) is 127 cm³/mol. The summed E-state index contributed by atoms with van der Waals surface area (Å²) >= 11 is 0. The van der Waals surface area contributed by atoms with Crippen LogP contribution in [0.5, 0.6) is 0 Å². The van der Waals surface area contributed by atoms with Crippen LogP contribution in [0, 0.1) is 0 Å². The monoisotopic (exact) mass is 475 g/mol. The average molecular weight is 476 g/mol. The molecule has 9 nitrogen and oxygen atoms in total. The first-order valence-corrected chi connectivity index (χ1v) is 12.2. The minimum Gasteiger partial charge on any atom is -0.343 e. The molecule has 10 heteroatoms. The lowest BCUT2D eigenvalue weighted by molar-refractivity contribution is -0.119. The zero-order valence-corrected chi connectivity index (χ0v) is 18.8. The summed E-state index contributed by atoms with van der Waals surface area (Å²) < 4.78 is 28.9. The third kappa shape index (κ3) is 4.15. The molecule has 0 radical (unpaired) electrons. The van der Waals surface area contributed by atoms with E-state index >= 15 is 0 Å². The van der Waals surface area contributed by atoms with Gasteiger partial charge in [0, 0.05) is 41.4 Å². The Labute approximate surface area is 196 Å². The molecule has 0 saturated carbocycles. The summed E-state index contributed by atoms with van der Waals surface area (Å²) in [5, 5.41) is 5.69. The molecule has 172 valence electrons. The molecule has 0 unspecified atom stereocenters. The molecule has 3 aromatic rings. The number of anilines is 2. The van der Waals surface area contributed by atoms with E-state index in [1.54, 1.807) is 59.5 Å². The van der Waals surface area contributed by atoms with E-state index in [1.807, 2.05) is 0 Å². The number of amidine groups is 1. The number of benzene rings is 2. The van der Waals surface area contributed by atoms with Gasteiger partial charge < -0.3 is 15.5 Å². The van der Waals surface area contributed by atoms with Crippen molar-refractivity contribution in [1.29, 1.82) is 0 Å². The number of aromatic nitrogens is 1. The first kappa shape index (κ1) is 21.8. The normalized spacial score (nSPS) is 18.2. The fourth-order valence-corrected chi connectivity index (χ4v) is 5.41. The lowest BCUT2D eigenvalue weighted by Crippen LogP contribution is -2.43. The summed E-state index contributed by atoms with van der Waals surface area (Å²) in [6, 6.07) is 16.2. The van der Waals surface area contributed by atoms with Gasteiger partial charge in [0.1, 0.15) is 10.9 Å². The molecule has 3 heterocycles. The average Bonchev–Trinajstić information content (AvgIpc) is 3.43. The van der Waals surface area contributed by atoms with Crippen LogP contribution < -0.4 is 10.6 Å². The highest BCUT2D eigenvalue weighted by Gasteiger charge is 2.39. The Bertz CT molecular complexity index is 1410. The third-order valence-electron chi connectivity index (χ3n) is 5.77. The van der Waals surface area contributed by atoms with Gasteiger partial charge in [-0.05, 0) is 55.3 Å². The number of carbonyl (C=O) groups excluding carboxylic acids is 2. The number of hydrogen-bond donors (Lipinski definition) is 2. The first-order valence-electron chi connectivity index (χ1n) is 10.8. The Morgan fingerprint density at radius 2 is 1.68 bits per heavy atom. The van der Waals surface area contributed by atoms with Crippen molar-refractivity contribution in [2.45, 2.75) is 23.8 Å². The van der Waals surface area contributed by atoms with Gasteiger partial charge in [-0.25, -0.2) is 0 Å². The van der Waals surface area contributed by atoms with Crippen molar-refractivity contribution >= 4 is 39.0 Å². The topological polar surface area (TPSA) is 121 Å². The number of fused-ring (bicyclic) bond motifs is 1. The van der Waals surface area contributed by atoms with Crippen molar-refractivity contribution in [2.75, 3.05) is 17.2 Å². The number of nitrogens with one attached hydrogen (secondary N) is 2. The molecule has 1 fully saturated rings. The largest absolute Gasteiger partial charge is 0.343 e. The Balaban J connectivity index is 1.32. The van der Waals surface area contributed by atoms with Crippen LogP contribution in [0.2, 0.25) is 0 Å². The molecule has 2 N–H and O–H groups in total. The number of likely N-dealkylation sites (tertiary alicyclic amines) is 1. The molecule has 2 aliphatic rings. The van der Waals surface area contributed by atoms with Crippen molar-refractivity contribution in [3.8, 4) is 0 Å². The lowest BCUT2D eigenvalue weighted by atomic mass is 10.1. The van der Waals surface area contributed by atoms with Gasteiger partial charge in [-0.2, -0.15) is 8.42 Å². The van der Waals surface area contributed by atoms with Gasteiger partial charge in [0.2, 0.25) is 5.91 Å².